The van der Waals surface area contributed by atoms with Crippen LogP contribution in [0.5, 0.6) is 0 Å². The number of rotatable bonds is 7. The van der Waals surface area contributed by atoms with Crippen LogP contribution in [0.4, 0.5) is 5.13 Å². The first-order valence-corrected chi connectivity index (χ1v) is 11.7. The Kier molecular flexibility index (Phi) is 7.28. The largest absolute Gasteiger partial charge is 0.357 e. The Morgan fingerprint density at radius 2 is 2.24 bits per heavy atom. The standard InChI is InChI=1S/C18H31N5S2/c1-3-19-17(21-14-6-7-16(12-14)24-2)20-9-8-15-13-25-18(22-15)23-10-4-5-11-23/h13-14,16H,3-12H2,1-2H3,(H2,19,20,21). The van der Waals surface area contributed by atoms with Crippen LogP contribution in [0, 0.1) is 0 Å². The van der Waals surface area contributed by atoms with Gasteiger partial charge in [-0.1, -0.05) is 0 Å². The van der Waals surface area contributed by atoms with E-state index < -0.39 is 0 Å². The van der Waals surface area contributed by atoms with E-state index in [-0.39, 0.29) is 0 Å². The van der Waals surface area contributed by atoms with Crippen LogP contribution in [0.1, 0.15) is 44.7 Å². The van der Waals surface area contributed by atoms with E-state index >= 15 is 0 Å². The molecular formula is C18H31N5S2. The van der Waals surface area contributed by atoms with Crippen LogP contribution in [-0.4, -0.2) is 54.7 Å². The first-order chi connectivity index (χ1) is 12.3. The van der Waals surface area contributed by atoms with Gasteiger partial charge in [-0.15, -0.1) is 11.3 Å². The van der Waals surface area contributed by atoms with Gasteiger partial charge in [0.15, 0.2) is 11.1 Å². The van der Waals surface area contributed by atoms with E-state index in [0.717, 1.165) is 43.8 Å². The van der Waals surface area contributed by atoms with Gasteiger partial charge in [-0.2, -0.15) is 11.8 Å². The third-order valence-electron chi connectivity index (χ3n) is 4.96. The van der Waals surface area contributed by atoms with Gasteiger partial charge in [0.1, 0.15) is 0 Å². The minimum Gasteiger partial charge on any atom is -0.357 e. The van der Waals surface area contributed by atoms with E-state index in [9.17, 15) is 0 Å². The third-order valence-corrected chi connectivity index (χ3v) is 7.00. The number of guanidine groups is 1. The summed E-state index contributed by atoms with van der Waals surface area (Å²) < 4.78 is 0. The second-order valence-corrected chi connectivity index (χ2v) is 8.81. The van der Waals surface area contributed by atoms with Crippen LogP contribution >= 0.6 is 23.1 Å². The monoisotopic (exact) mass is 381 g/mol. The molecule has 3 rings (SSSR count). The SMILES string of the molecule is CCNC(=NCCc1csc(N2CCCC2)n1)NC1CCC(SC)C1. The summed E-state index contributed by atoms with van der Waals surface area (Å²) in [5.41, 5.74) is 1.18. The van der Waals surface area contributed by atoms with Crippen LogP contribution in [0.15, 0.2) is 10.4 Å². The minimum absolute atomic E-state index is 0.566. The van der Waals surface area contributed by atoms with Crippen molar-refractivity contribution in [3.8, 4) is 0 Å². The third kappa shape index (κ3) is 5.51. The average Bonchev–Trinajstić information content (AvgIpc) is 3.36. The van der Waals surface area contributed by atoms with Gasteiger partial charge >= 0.3 is 0 Å². The van der Waals surface area contributed by atoms with Crippen molar-refractivity contribution >= 4 is 34.2 Å². The summed E-state index contributed by atoms with van der Waals surface area (Å²) in [5, 5.41) is 11.2. The van der Waals surface area contributed by atoms with Crippen LogP contribution in [0.2, 0.25) is 0 Å². The number of nitrogens with one attached hydrogen (secondary N) is 2. The van der Waals surface area contributed by atoms with Crippen LogP contribution in [0.3, 0.4) is 0 Å². The quantitative estimate of drug-likeness (QED) is 0.561. The summed E-state index contributed by atoms with van der Waals surface area (Å²) in [5.74, 6) is 0.962. The highest BCUT2D eigenvalue weighted by atomic mass is 32.2. The van der Waals surface area contributed by atoms with Crippen molar-refractivity contribution in [3.63, 3.8) is 0 Å². The molecule has 2 N–H and O–H groups in total. The fraction of sp³-hybridized carbons (Fsp3) is 0.778. The average molecular weight is 382 g/mol. The van der Waals surface area contributed by atoms with Crippen molar-refractivity contribution in [1.82, 2.24) is 15.6 Å². The Labute approximate surface area is 160 Å². The first-order valence-electron chi connectivity index (χ1n) is 9.55. The molecule has 1 aromatic heterocycles. The van der Waals surface area contributed by atoms with Crippen molar-refractivity contribution in [1.29, 1.82) is 0 Å². The van der Waals surface area contributed by atoms with Gasteiger partial charge in [0.05, 0.1) is 5.69 Å². The summed E-state index contributed by atoms with van der Waals surface area (Å²) in [6.45, 7) is 6.15. The van der Waals surface area contributed by atoms with Crippen molar-refractivity contribution in [2.24, 2.45) is 4.99 Å². The molecule has 2 heterocycles. The maximum Gasteiger partial charge on any atom is 0.191 e. The zero-order chi connectivity index (χ0) is 17.5. The molecule has 1 aliphatic heterocycles. The molecule has 140 valence electrons. The number of hydrogen-bond donors (Lipinski definition) is 2. The van der Waals surface area contributed by atoms with E-state index in [4.69, 9.17) is 9.98 Å². The van der Waals surface area contributed by atoms with Gasteiger partial charge in [-0.05, 0) is 45.3 Å². The maximum atomic E-state index is 4.79. The number of aromatic nitrogens is 1. The maximum absolute atomic E-state index is 4.79. The lowest BCUT2D eigenvalue weighted by Gasteiger charge is -2.17. The fourth-order valence-corrected chi connectivity index (χ4v) is 5.26. The van der Waals surface area contributed by atoms with Crippen molar-refractivity contribution in [2.75, 3.05) is 37.3 Å². The Bertz CT molecular complexity index is 553. The van der Waals surface area contributed by atoms with E-state index in [2.05, 4.69) is 34.1 Å². The Morgan fingerprint density at radius 3 is 2.96 bits per heavy atom. The molecule has 25 heavy (non-hydrogen) atoms. The van der Waals surface area contributed by atoms with Gasteiger partial charge in [0.25, 0.3) is 0 Å². The molecule has 2 aliphatic rings. The lowest BCUT2D eigenvalue weighted by molar-refractivity contribution is 0.615. The molecule has 2 atom stereocenters. The van der Waals surface area contributed by atoms with Crippen molar-refractivity contribution in [3.05, 3.63) is 11.1 Å². The summed E-state index contributed by atoms with van der Waals surface area (Å²) in [7, 11) is 0. The summed E-state index contributed by atoms with van der Waals surface area (Å²) in [6.07, 6.45) is 9.55. The zero-order valence-corrected chi connectivity index (χ0v) is 17.1. The second kappa shape index (κ2) is 9.67. The number of anilines is 1. The first kappa shape index (κ1) is 18.8. The molecule has 1 aliphatic carbocycles. The number of nitrogens with zero attached hydrogens (tertiary/aromatic N) is 3. The molecule has 1 aromatic rings. The summed E-state index contributed by atoms with van der Waals surface area (Å²) >= 11 is 3.77. The molecule has 0 spiro atoms. The fourth-order valence-electron chi connectivity index (χ4n) is 3.55. The predicted molar refractivity (Wildman–Crippen MR) is 111 cm³/mol. The lowest BCUT2D eigenvalue weighted by Crippen LogP contribution is -2.42. The van der Waals surface area contributed by atoms with Gasteiger partial charge in [0, 0.05) is 49.3 Å². The number of hydrogen-bond acceptors (Lipinski definition) is 5. The molecule has 1 saturated heterocycles. The number of thioether (sulfide) groups is 1. The topological polar surface area (TPSA) is 52.6 Å². The Balaban J connectivity index is 1.48. The van der Waals surface area contributed by atoms with Gasteiger partial charge in [-0.3, -0.25) is 4.99 Å². The van der Waals surface area contributed by atoms with Gasteiger partial charge < -0.3 is 15.5 Å². The normalized spacial score (nSPS) is 24.1. The number of aliphatic imine (C=N–C) groups is 1. The zero-order valence-electron chi connectivity index (χ0n) is 15.5. The highest BCUT2D eigenvalue weighted by molar-refractivity contribution is 7.99. The van der Waals surface area contributed by atoms with Crippen LogP contribution < -0.4 is 15.5 Å². The Morgan fingerprint density at radius 1 is 1.40 bits per heavy atom. The van der Waals surface area contributed by atoms with Crippen LogP contribution in [-0.2, 0) is 6.42 Å². The van der Waals surface area contributed by atoms with Crippen LogP contribution in [0.25, 0.3) is 0 Å². The smallest absolute Gasteiger partial charge is 0.191 e. The molecule has 2 fully saturated rings. The molecule has 5 nitrogen and oxygen atoms in total. The van der Waals surface area contributed by atoms with E-state index in [1.807, 2.05) is 11.8 Å². The highest BCUT2D eigenvalue weighted by Crippen LogP contribution is 2.28. The summed E-state index contributed by atoms with van der Waals surface area (Å²) in [4.78, 5) is 12.0. The molecule has 0 aromatic carbocycles. The molecule has 0 radical (unpaired) electrons. The van der Waals surface area contributed by atoms with Gasteiger partial charge in [0.2, 0.25) is 0 Å². The molecule has 1 saturated carbocycles. The molecule has 0 bridgehead atoms. The van der Waals surface area contributed by atoms with Crippen molar-refractivity contribution < 1.29 is 0 Å². The van der Waals surface area contributed by atoms with E-state index in [0.29, 0.717) is 6.04 Å². The highest BCUT2D eigenvalue weighted by Gasteiger charge is 2.24. The molecule has 7 heteroatoms. The van der Waals surface area contributed by atoms with Crippen molar-refractivity contribution in [2.45, 2.75) is 56.7 Å². The predicted octanol–water partition coefficient (Wildman–Crippen LogP) is 3.13. The summed E-state index contributed by atoms with van der Waals surface area (Å²) in [6, 6.07) is 0.566. The molecule has 2 unspecified atom stereocenters. The molecular weight excluding hydrogens is 350 g/mol. The van der Waals surface area contributed by atoms with Gasteiger partial charge in [-0.25, -0.2) is 4.98 Å². The minimum atomic E-state index is 0.566. The second-order valence-electron chi connectivity index (χ2n) is 6.84. The lowest BCUT2D eigenvalue weighted by atomic mass is 10.2. The number of thiazole rings is 1. The van der Waals surface area contributed by atoms with E-state index in [1.165, 1.54) is 42.9 Å². The molecule has 0 amide bonds. The van der Waals surface area contributed by atoms with E-state index in [1.54, 1.807) is 11.3 Å². The Hall–Kier alpha value is -0.950.